The van der Waals surface area contributed by atoms with Crippen LogP contribution in [-0.2, 0) is 14.4 Å². The molecule has 3 saturated heterocycles. The van der Waals surface area contributed by atoms with E-state index in [0.717, 1.165) is 37.0 Å². The molecule has 34 heavy (non-hydrogen) atoms. The number of rotatable bonds is 4. The van der Waals surface area contributed by atoms with Crippen molar-refractivity contribution in [3.05, 3.63) is 0 Å². The largest absolute Gasteiger partial charge is 0.330 e. The van der Waals surface area contributed by atoms with Crippen molar-refractivity contribution in [1.29, 1.82) is 0 Å². The maximum atomic E-state index is 13.1. The van der Waals surface area contributed by atoms with Gasteiger partial charge in [-0.1, -0.05) is 12.8 Å². The zero-order valence-electron chi connectivity index (χ0n) is 20.1. The Bertz CT molecular complexity index is 870. The SMILES string of the molecule is O=C1CCC(N2CC3CC(C4CCN(CC5=NC6CCCCC6S5)CC4)CCC3C2=O)C(=O)N1. The monoisotopic (exact) mass is 486 g/mol. The van der Waals surface area contributed by atoms with Crippen LogP contribution < -0.4 is 5.32 Å². The van der Waals surface area contributed by atoms with Crippen LogP contribution in [0.25, 0.3) is 0 Å². The second kappa shape index (κ2) is 9.57. The summed E-state index contributed by atoms with van der Waals surface area (Å²) in [5, 5.41) is 4.56. The molecular formula is C26H38N4O3S. The molecule has 0 radical (unpaired) electrons. The van der Waals surface area contributed by atoms with E-state index in [1.54, 1.807) is 4.90 Å². The number of aliphatic imine (C=N–C) groups is 1. The average Bonchev–Trinajstić information content (AvgIpc) is 3.39. The van der Waals surface area contributed by atoms with Gasteiger partial charge in [-0.15, -0.1) is 11.8 Å². The third kappa shape index (κ3) is 4.45. The smallest absolute Gasteiger partial charge is 0.249 e. The van der Waals surface area contributed by atoms with Crippen LogP contribution in [0.3, 0.4) is 0 Å². The Labute approximate surface area is 206 Å². The lowest BCUT2D eigenvalue weighted by Crippen LogP contribution is -2.53. The fourth-order valence-electron chi connectivity index (χ4n) is 7.68. The van der Waals surface area contributed by atoms with Gasteiger partial charge in [-0.3, -0.25) is 29.6 Å². The Hall–Kier alpha value is -1.41. The van der Waals surface area contributed by atoms with E-state index < -0.39 is 6.04 Å². The molecule has 2 saturated carbocycles. The van der Waals surface area contributed by atoms with Gasteiger partial charge in [0.25, 0.3) is 0 Å². The first kappa shape index (κ1) is 23.0. The summed E-state index contributed by atoms with van der Waals surface area (Å²) in [6.45, 7) is 4.09. The normalized spacial score (nSPS) is 39.6. The Morgan fingerprint density at radius 3 is 2.53 bits per heavy atom. The number of hydrogen-bond donors (Lipinski definition) is 1. The number of imide groups is 1. The van der Waals surface area contributed by atoms with E-state index >= 15 is 0 Å². The molecule has 0 bridgehead atoms. The zero-order valence-corrected chi connectivity index (χ0v) is 20.9. The van der Waals surface area contributed by atoms with Gasteiger partial charge in [0, 0.05) is 30.7 Å². The Morgan fingerprint density at radius 2 is 1.74 bits per heavy atom. The Morgan fingerprint density at radius 1 is 0.912 bits per heavy atom. The van der Waals surface area contributed by atoms with E-state index in [0.29, 0.717) is 37.3 Å². The van der Waals surface area contributed by atoms with Crippen LogP contribution in [0.1, 0.15) is 70.6 Å². The summed E-state index contributed by atoms with van der Waals surface area (Å²) in [5.41, 5.74) is 0. The molecule has 4 aliphatic heterocycles. The highest BCUT2D eigenvalue weighted by Crippen LogP contribution is 2.45. The summed E-state index contributed by atoms with van der Waals surface area (Å²) in [7, 11) is 0. The highest BCUT2D eigenvalue weighted by Gasteiger charge is 2.49. The molecule has 4 heterocycles. The quantitative estimate of drug-likeness (QED) is 0.618. The third-order valence-electron chi connectivity index (χ3n) is 9.56. The van der Waals surface area contributed by atoms with E-state index in [1.807, 2.05) is 0 Å². The van der Waals surface area contributed by atoms with Gasteiger partial charge in [-0.25, -0.2) is 0 Å². The number of fused-ring (bicyclic) bond motifs is 2. The van der Waals surface area contributed by atoms with E-state index in [-0.39, 0.29) is 23.6 Å². The van der Waals surface area contributed by atoms with Crippen LogP contribution >= 0.6 is 11.8 Å². The number of thioether (sulfide) groups is 1. The minimum Gasteiger partial charge on any atom is -0.330 e. The number of carbonyl (C=O) groups is 3. The topological polar surface area (TPSA) is 82.1 Å². The predicted molar refractivity (Wildman–Crippen MR) is 132 cm³/mol. The number of piperidine rings is 2. The molecule has 186 valence electrons. The van der Waals surface area contributed by atoms with Crippen molar-refractivity contribution in [2.75, 3.05) is 26.2 Å². The van der Waals surface area contributed by atoms with Crippen molar-refractivity contribution >= 4 is 34.5 Å². The van der Waals surface area contributed by atoms with Crippen molar-refractivity contribution in [3.8, 4) is 0 Å². The lowest BCUT2D eigenvalue weighted by molar-refractivity contribution is -0.144. The maximum absolute atomic E-state index is 13.1. The van der Waals surface area contributed by atoms with Gasteiger partial charge in [0.15, 0.2) is 0 Å². The first-order chi connectivity index (χ1) is 16.5. The molecule has 3 amide bonds. The van der Waals surface area contributed by atoms with Crippen molar-refractivity contribution in [2.45, 2.75) is 88.0 Å². The molecule has 0 aromatic heterocycles. The number of nitrogens with zero attached hydrogens (tertiary/aromatic N) is 3. The summed E-state index contributed by atoms with van der Waals surface area (Å²) in [6, 6.07) is 0.146. The maximum Gasteiger partial charge on any atom is 0.249 e. The minimum absolute atomic E-state index is 0.0858. The molecule has 2 aliphatic carbocycles. The fraction of sp³-hybridized carbons (Fsp3) is 0.846. The zero-order chi connectivity index (χ0) is 23.2. The lowest BCUT2D eigenvalue weighted by Gasteiger charge is -2.40. The first-order valence-corrected chi connectivity index (χ1v) is 14.5. The van der Waals surface area contributed by atoms with Crippen molar-refractivity contribution < 1.29 is 14.4 Å². The van der Waals surface area contributed by atoms with Gasteiger partial charge < -0.3 is 4.90 Å². The van der Waals surface area contributed by atoms with Crippen LogP contribution in [0.4, 0.5) is 0 Å². The summed E-state index contributed by atoms with van der Waals surface area (Å²) < 4.78 is 0. The molecule has 6 unspecified atom stereocenters. The molecule has 5 fully saturated rings. The number of nitrogens with one attached hydrogen (secondary N) is 1. The fourth-order valence-corrected chi connectivity index (χ4v) is 9.12. The predicted octanol–water partition coefficient (Wildman–Crippen LogP) is 2.83. The van der Waals surface area contributed by atoms with Gasteiger partial charge in [0.2, 0.25) is 17.7 Å². The van der Waals surface area contributed by atoms with Crippen LogP contribution in [0.5, 0.6) is 0 Å². The summed E-state index contributed by atoms with van der Waals surface area (Å²) in [5.74, 6) is 1.59. The standard InChI is InChI=1S/C26H38N4O3S/c31-23-8-7-21(25(32)28-23)30-14-18-13-17(5-6-19(18)26(30)33)16-9-11-29(12-10-16)15-24-27-20-3-1-2-4-22(20)34-24/h16-22H,1-15H2,(H,28,31,32). The van der Waals surface area contributed by atoms with Crippen molar-refractivity contribution in [2.24, 2.45) is 28.7 Å². The van der Waals surface area contributed by atoms with Gasteiger partial charge in [-0.2, -0.15) is 0 Å². The molecule has 7 nitrogen and oxygen atoms in total. The average molecular weight is 487 g/mol. The molecule has 0 aromatic rings. The third-order valence-corrected chi connectivity index (χ3v) is 10.9. The highest BCUT2D eigenvalue weighted by atomic mass is 32.2. The highest BCUT2D eigenvalue weighted by molar-refractivity contribution is 8.14. The molecule has 1 N–H and O–H groups in total. The Balaban J connectivity index is 0.996. The number of carbonyl (C=O) groups excluding carboxylic acids is 3. The molecular weight excluding hydrogens is 448 g/mol. The second-order valence-corrected chi connectivity index (χ2v) is 12.9. The lowest BCUT2D eigenvalue weighted by atomic mass is 9.69. The van der Waals surface area contributed by atoms with Gasteiger partial charge in [0.1, 0.15) is 6.04 Å². The van der Waals surface area contributed by atoms with Crippen molar-refractivity contribution in [3.63, 3.8) is 0 Å². The minimum atomic E-state index is -0.447. The summed E-state index contributed by atoms with van der Waals surface area (Å²) in [6.07, 6.45) is 11.9. The van der Waals surface area contributed by atoms with Crippen LogP contribution in [0.2, 0.25) is 0 Å². The van der Waals surface area contributed by atoms with Gasteiger partial charge in [-0.05, 0) is 82.2 Å². The van der Waals surface area contributed by atoms with Crippen molar-refractivity contribution in [1.82, 2.24) is 15.1 Å². The van der Waals surface area contributed by atoms with E-state index in [4.69, 9.17) is 4.99 Å². The first-order valence-electron chi connectivity index (χ1n) is 13.6. The van der Waals surface area contributed by atoms with E-state index in [2.05, 4.69) is 22.0 Å². The number of likely N-dealkylation sites (tertiary alicyclic amines) is 2. The molecule has 6 aliphatic rings. The molecule has 6 rings (SSSR count). The second-order valence-electron chi connectivity index (χ2n) is 11.5. The van der Waals surface area contributed by atoms with Crippen LogP contribution in [0, 0.1) is 23.7 Å². The van der Waals surface area contributed by atoms with E-state index in [1.165, 1.54) is 56.7 Å². The van der Waals surface area contributed by atoms with Crippen LogP contribution in [0.15, 0.2) is 4.99 Å². The molecule has 6 atom stereocenters. The molecule has 0 spiro atoms. The van der Waals surface area contributed by atoms with Gasteiger partial charge >= 0.3 is 0 Å². The number of hydrogen-bond acceptors (Lipinski definition) is 6. The summed E-state index contributed by atoms with van der Waals surface area (Å²) in [4.78, 5) is 46.4. The summed E-state index contributed by atoms with van der Waals surface area (Å²) >= 11 is 2.06. The Kier molecular flexibility index (Phi) is 6.48. The van der Waals surface area contributed by atoms with Gasteiger partial charge in [0.05, 0.1) is 11.1 Å². The molecule has 0 aromatic carbocycles. The number of amides is 3. The van der Waals surface area contributed by atoms with E-state index in [9.17, 15) is 14.4 Å². The molecule has 8 heteroatoms. The van der Waals surface area contributed by atoms with Crippen LogP contribution in [-0.4, -0.2) is 76.1 Å².